The van der Waals surface area contributed by atoms with E-state index in [4.69, 9.17) is 9.47 Å². The molecule has 1 aromatic rings. The standard InChI is InChI=1S/C8H8BrNO2.C2H6/c9-7-3-1-2-6(10-7)8-11-4-5-12-8;1-2/h1-3,8H,4-5H2;1-2H3. The predicted octanol–water partition coefficient (Wildman–Crippen LogP) is 2.92. The SMILES string of the molecule is Brc1cccc(C2OCCO2)n1.CC. The van der Waals surface area contributed by atoms with Crippen LogP contribution < -0.4 is 0 Å². The molecular formula is C10H14BrNO2. The van der Waals surface area contributed by atoms with Gasteiger partial charge in [-0.3, -0.25) is 0 Å². The van der Waals surface area contributed by atoms with Gasteiger partial charge in [-0.25, -0.2) is 4.98 Å². The van der Waals surface area contributed by atoms with E-state index in [1.165, 1.54) is 0 Å². The van der Waals surface area contributed by atoms with Gasteiger partial charge in [0.1, 0.15) is 4.60 Å². The Morgan fingerprint density at radius 1 is 1.29 bits per heavy atom. The molecule has 0 radical (unpaired) electrons. The van der Waals surface area contributed by atoms with Gasteiger partial charge in [-0.05, 0) is 28.1 Å². The van der Waals surface area contributed by atoms with Crippen LogP contribution in [0, 0.1) is 0 Å². The molecule has 0 spiro atoms. The molecule has 0 saturated carbocycles. The summed E-state index contributed by atoms with van der Waals surface area (Å²) in [5, 5.41) is 0. The number of hydrogen-bond acceptors (Lipinski definition) is 3. The molecule has 1 saturated heterocycles. The van der Waals surface area contributed by atoms with Crippen LogP contribution >= 0.6 is 15.9 Å². The maximum Gasteiger partial charge on any atom is 0.201 e. The molecule has 2 heterocycles. The molecular weight excluding hydrogens is 246 g/mol. The Balaban J connectivity index is 0.000000461. The van der Waals surface area contributed by atoms with E-state index in [2.05, 4.69) is 20.9 Å². The minimum atomic E-state index is -0.275. The predicted molar refractivity (Wildman–Crippen MR) is 57.9 cm³/mol. The first-order chi connectivity index (χ1) is 6.86. The van der Waals surface area contributed by atoms with Gasteiger partial charge in [0.25, 0.3) is 0 Å². The van der Waals surface area contributed by atoms with Gasteiger partial charge in [-0.1, -0.05) is 19.9 Å². The largest absolute Gasteiger partial charge is 0.345 e. The monoisotopic (exact) mass is 259 g/mol. The fourth-order valence-electron chi connectivity index (χ4n) is 1.08. The molecule has 1 aromatic heterocycles. The summed E-state index contributed by atoms with van der Waals surface area (Å²) in [5.41, 5.74) is 0.821. The molecule has 0 amide bonds. The van der Waals surface area contributed by atoms with Crippen LogP contribution in [0.2, 0.25) is 0 Å². The van der Waals surface area contributed by atoms with Crippen LogP contribution in [0.25, 0.3) is 0 Å². The maximum absolute atomic E-state index is 5.29. The van der Waals surface area contributed by atoms with Crippen molar-refractivity contribution in [3.05, 3.63) is 28.5 Å². The number of ether oxygens (including phenoxy) is 2. The van der Waals surface area contributed by atoms with Crippen molar-refractivity contribution >= 4 is 15.9 Å². The first kappa shape index (κ1) is 11.6. The second kappa shape index (κ2) is 6.11. The van der Waals surface area contributed by atoms with Gasteiger partial charge in [0.15, 0.2) is 0 Å². The second-order valence-corrected chi connectivity index (χ2v) is 3.27. The van der Waals surface area contributed by atoms with E-state index in [9.17, 15) is 0 Å². The zero-order valence-corrected chi connectivity index (χ0v) is 9.95. The van der Waals surface area contributed by atoms with Crippen molar-refractivity contribution < 1.29 is 9.47 Å². The van der Waals surface area contributed by atoms with E-state index in [1.807, 2.05) is 32.0 Å². The Bertz CT molecular complexity index is 275. The lowest BCUT2D eigenvalue weighted by Crippen LogP contribution is -2.00. The molecule has 1 aliphatic heterocycles. The zero-order chi connectivity index (χ0) is 10.4. The summed E-state index contributed by atoms with van der Waals surface area (Å²) in [5.74, 6) is 0. The highest BCUT2D eigenvalue weighted by atomic mass is 79.9. The molecule has 0 unspecified atom stereocenters. The van der Waals surface area contributed by atoms with Crippen molar-refractivity contribution in [3.8, 4) is 0 Å². The zero-order valence-electron chi connectivity index (χ0n) is 8.37. The topological polar surface area (TPSA) is 31.4 Å². The van der Waals surface area contributed by atoms with Crippen molar-refractivity contribution in [2.75, 3.05) is 13.2 Å². The molecule has 1 aliphatic rings. The summed E-state index contributed by atoms with van der Waals surface area (Å²) in [7, 11) is 0. The molecule has 4 heteroatoms. The average Bonchev–Trinajstić information content (AvgIpc) is 2.74. The molecule has 0 bridgehead atoms. The molecule has 14 heavy (non-hydrogen) atoms. The van der Waals surface area contributed by atoms with Gasteiger partial charge in [0, 0.05) is 0 Å². The van der Waals surface area contributed by atoms with Crippen LogP contribution in [0.15, 0.2) is 22.8 Å². The first-order valence-electron chi connectivity index (χ1n) is 4.72. The van der Waals surface area contributed by atoms with Crippen molar-refractivity contribution in [2.45, 2.75) is 20.1 Å². The van der Waals surface area contributed by atoms with Gasteiger partial charge in [-0.2, -0.15) is 0 Å². The van der Waals surface area contributed by atoms with Crippen LogP contribution in [0.1, 0.15) is 25.8 Å². The third-order valence-corrected chi connectivity index (χ3v) is 2.04. The van der Waals surface area contributed by atoms with Crippen molar-refractivity contribution in [1.29, 1.82) is 0 Å². The van der Waals surface area contributed by atoms with Crippen LogP contribution in [0.4, 0.5) is 0 Å². The fourth-order valence-corrected chi connectivity index (χ4v) is 1.44. The Morgan fingerprint density at radius 3 is 2.50 bits per heavy atom. The number of nitrogens with zero attached hydrogens (tertiary/aromatic N) is 1. The molecule has 78 valence electrons. The second-order valence-electron chi connectivity index (χ2n) is 2.46. The van der Waals surface area contributed by atoms with Gasteiger partial charge in [-0.15, -0.1) is 0 Å². The number of pyridine rings is 1. The van der Waals surface area contributed by atoms with Crippen LogP contribution in [0.3, 0.4) is 0 Å². The Morgan fingerprint density at radius 2 is 1.93 bits per heavy atom. The summed E-state index contributed by atoms with van der Waals surface area (Å²) in [6.45, 7) is 5.30. The van der Waals surface area contributed by atoms with Gasteiger partial charge in [0.2, 0.25) is 6.29 Å². The van der Waals surface area contributed by atoms with Crippen molar-refractivity contribution in [1.82, 2.24) is 4.98 Å². The van der Waals surface area contributed by atoms with E-state index in [1.54, 1.807) is 0 Å². The third kappa shape index (κ3) is 3.04. The van der Waals surface area contributed by atoms with Crippen LogP contribution in [0.5, 0.6) is 0 Å². The lowest BCUT2D eigenvalue weighted by molar-refractivity contribution is -0.0473. The number of hydrogen-bond donors (Lipinski definition) is 0. The summed E-state index contributed by atoms with van der Waals surface area (Å²) < 4.78 is 11.4. The minimum Gasteiger partial charge on any atom is -0.345 e. The number of rotatable bonds is 1. The van der Waals surface area contributed by atoms with Gasteiger partial charge >= 0.3 is 0 Å². The third-order valence-electron chi connectivity index (χ3n) is 1.60. The lowest BCUT2D eigenvalue weighted by atomic mass is 10.3. The molecule has 2 rings (SSSR count). The van der Waals surface area contributed by atoms with E-state index in [-0.39, 0.29) is 6.29 Å². The average molecular weight is 260 g/mol. The Labute approximate surface area is 92.6 Å². The molecule has 0 aliphatic carbocycles. The molecule has 1 fully saturated rings. The van der Waals surface area contributed by atoms with Crippen molar-refractivity contribution in [3.63, 3.8) is 0 Å². The summed E-state index contributed by atoms with van der Waals surface area (Å²) >= 11 is 3.29. The fraction of sp³-hybridized carbons (Fsp3) is 0.500. The van der Waals surface area contributed by atoms with E-state index < -0.39 is 0 Å². The molecule has 3 nitrogen and oxygen atoms in total. The lowest BCUT2D eigenvalue weighted by Gasteiger charge is -2.07. The van der Waals surface area contributed by atoms with Crippen LogP contribution in [-0.4, -0.2) is 18.2 Å². The summed E-state index contributed by atoms with van der Waals surface area (Å²) in [4.78, 5) is 4.22. The molecule has 0 atom stereocenters. The number of aromatic nitrogens is 1. The van der Waals surface area contributed by atoms with E-state index in [0.29, 0.717) is 13.2 Å². The summed E-state index contributed by atoms with van der Waals surface area (Å²) in [6, 6.07) is 5.68. The Kier molecular flexibility index (Phi) is 5.07. The van der Waals surface area contributed by atoms with Gasteiger partial charge < -0.3 is 9.47 Å². The molecule has 0 aromatic carbocycles. The van der Waals surface area contributed by atoms with E-state index >= 15 is 0 Å². The quantitative estimate of drug-likeness (QED) is 0.727. The highest BCUT2D eigenvalue weighted by Gasteiger charge is 2.19. The van der Waals surface area contributed by atoms with Crippen LogP contribution in [-0.2, 0) is 9.47 Å². The highest BCUT2D eigenvalue weighted by Crippen LogP contribution is 2.22. The number of halogens is 1. The minimum absolute atomic E-state index is 0.275. The highest BCUT2D eigenvalue weighted by molar-refractivity contribution is 9.10. The molecule has 0 N–H and O–H groups in total. The Hall–Kier alpha value is -0.450. The normalized spacial score (nSPS) is 16.2. The smallest absolute Gasteiger partial charge is 0.201 e. The summed E-state index contributed by atoms with van der Waals surface area (Å²) in [6.07, 6.45) is -0.275. The van der Waals surface area contributed by atoms with E-state index in [0.717, 1.165) is 10.3 Å². The maximum atomic E-state index is 5.29. The van der Waals surface area contributed by atoms with Gasteiger partial charge in [0.05, 0.1) is 18.9 Å². The van der Waals surface area contributed by atoms with Crippen molar-refractivity contribution in [2.24, 2.45) is 0 Å². The first-order valence-corrected chi connectivity index (χ1v) is 5.51.